The zero-order valence-corrected chi connectivity index (χ0v) is 18.8. The zero-order valence-electron chi connectivity index (χ0n) is 18.0. The minimum absolute atomic E-state index is 0.0926. The molecule has 31 heavy (non-hydrogen) atoms. The van der Waals surface area contributed by atoms with Crippen LogP contribution in [0, 0.1) is 0 Å². The maximum Gasteiger partial charge on any atom is 0.328 e. The first-order chi connectivity index (χ1) is 14.7. The Kier molecular flexibility index (Phi) is 5.75. The number of aromatic nitrogens is 2. The lowest BCUT2D eigenvalue weighted by Gasteiger charge is -2.39. The van der Waals surface area contributed by atoms with Crippen molar-refractivity contribution >= 4 is 33.2 Å². The van der Waals surface area contributed by atoms with Crippen LogP contribution < -0.4 is 10.2 Å². The first-order valence-electron chi connectivity index (χ1n) is 10.5. The van der Waals surface area contributed by atoms with Crippen LogP contribution >= 0.6 is 0 Å². The molecule has 0 spiro atoms. The van der Waals surface area contributed by atoms with Gasteiger partial charge in [0.05, 0.1) is 22.7 Å². The molecule has 3 amide bonds. The largest absolute Gasteiger partial charge is 0.328 e. The van der Waals surface area contributed by atoms with Crippen molar-refractivity contribution < 1.29 is 18.0 Å². The number of pyridine rings is 1. The Morgan fingerprint density at radius 2 is 2.00 bits per heavy atom. The molecule has 0 radical (unpaired) electrons. The number of anilines is 1. The van der Waals surface area contributed by atoms with Crippen LogP contribution in [-0.4, -0.2) is 76.6 Å². The highest BCUT2D eigenvalue weighted by Crippen LogP contribution is 2.25. The van der Waals surface area contributed by atoms with Gasteiger partial charge in [0, 0.05) is 51.4 Å². The number of hydrogen-bond acceptors (Lipinski definition) is 6. The Labute approximate surface area is 181 Å². The summed E-state index contributed by atoms with van der Waals surface area (Å²) in [5, 5.41) is 6.24. The minimum Gasteiger partial charge on any atom is -0.296 e. The van der Waals surface area contributed by atoms with E-state index in [-0.39, 0.29) is 18.4 Å². The molecule has 0 aliphatic carbocycles. The molecule has 11 heteroatoms. The van der Waals surface area contributed by atoms with Crippen molar-refractivity contribution in [3.05, 3.63) is 30.1 Å². The lowest BCUT2D eigenvalue weighted by molar-refractivity contribution is -0.120. The van der Waals surface area contributed by atoms with Gasteiger partial charge in [-0.15, -0.1) is 0 Å². The monoisotopic (exact) mass is 448 g/mol. The van der Waals surface area contributed by atoms with Crippen LogP contribution in [0.3, 0.4) is 0 Å². The number of carbonyl (C=O) groups is 2. The Hall–Kier alpha value is -2.50. The lowest BCUT2D eigenvalue weighted by atomic mass is 10.1. The summed E-state index contributed by atoms with van der Waals surface area (Å²) >= 11 is 0. The molecule has 4 rings (SSSR count). The molecule has 2 aromatic heterocycles. The summed E-state index contributed by atoms with van der Waals surface area (Å²) < 4.78 is 28.4. The Bertz CT molecular complexity index is 1110. The van der Waals surface area contributed by atoms with Crippen molar-refractivity contribution in [3.8, 4) is 0 Å². The first kappa shape index (κ1) is 21.7. The van der Waals surface area contributed by atoms with Gasteiger partial charge in [0.1, 0.15) is 0 Å². The van der Waals surface area contributed by atoms with E-state index in [0.29, 0.717) is 38.4 Å². The molecule has 2 aliphatic heterocycles. The summed E-state index contributed by atoms with van der Waals surface area (Å²) in [6, 6.07) is 3.44. The van der Waals surface area contributed by atoms with Crippen LogP contribution in [0.4, 0.5) is 10.5 Å². The number of imide groups is 1. The van der Waals surface area contributed by atoms with Crippen LogP contribution in [0.1, 0.15) is 32.8 Å². The van der Waals surface area contributed by atoms with Crippen molar-refractivity contribution in [1.29, 1.82) is 0 Å². The molecule has 0 aromatic carbocycles. The minimum atomic E-state index is -3.27. The highest BCUT2D eigenvalue weighted by Gasteiger charge is 2.34. The Balaban J connectivity index is 1.50. The summed E-state index contributed by atoms with van der Waals surface area (Å²) in [6.07, 6.45) is 3.74. The second-order valence-electron chi connectivity index (χ2n) is 8.44. The maximum atomic E-state index is 12.6. The molecule has 2 fully saturated rings. The second-order valence-corrected chi connectivity index (χ2v) is 10.9. The number of hydrogen-bond donors (Lipinski definition) is 1. The van der Waals surface area contributed by atoms with Gasteiger partial charge >= 0.3 is 6.03 Å². The third-order valence-corrected chi connectivity index (χ3v) is 8.28. The SMILES string of the molecule is CC(C)S(=O)(=O)N1CCN(Cc2ccn3ncc(N4CCC(=O)NC4=O)c3c2)C[C@@H]1C. The van der Waals surface area contributed by atoms with Gasteiger partial charge in [0.2, 0.25) is 15.9 Å². The van der Waals surface area contributed by atoms with Gasteiger partial charge in [-0.2, -0.15) is 9.40 Å². The number of nitrogens with zero attached hydrogens (tertiary/aromatic N) is 5. The molecule has 2 aromatic rings. The summed E-state index contributed by atoms with van der Waals surface area (Å²) in [4.78, 5) is 27.5. The number of piperazine rings is 1. The number of sulfonamides is 1. The van der Waals surface area contributed by atoms with E-state index < -0.39 is 21.3 Å². The maximum absolute atomic E-state index is 12.6. The van der Waals surface area contributed by atoms with E-state index in [2.05, 4.69) is 15.3 Å². The first-order valence-corrected chi connectivity index (χ1v) is 12.0. The number of rotatable bonds is 5. The molecule has 2 aliphatic rings. The van der Waals surface area contributed by atoms with E-state index in [1.54, 1.807) is 28.9 Å². The number of nitrogens with one attached hydrogen (secondary N) is 1. The van der Waals surface area contributed by atoms with Gasteiger partial charge < -0.3 is 0 Å². The van der Waals surface area contributed by atoms with Crippen LogP contribution in [0.5, 0.6) is 0 Å². The van der Waals surface area contributed by atoms with Crippen molar-refractivity contribution in [3.63, 3.8) is 0 Å². The van der Waals surface area contributed by atoms with Crippen molar-refractivity contribution in [2.24, 2.45) is 0 Å². The third kappa shape index (κ3) is 4.17. The molecule has 1 N–H and O–H groups in total. The highest BCUT2D eigenvalue weighted by molar-refractivity contribution is 7.89. The number of amides is 3. The van der Waals surface area contributed by atoms with Crippen molar-refractivity contribution in [1.82, 2.24) is 24.1 Å². The van der Waals surface area contributed by atoms with Gasteiger partial charge in [0.25, 0.3) is 0 Å². The van der Waals surface area contributed by atoms with E-state index in [1.165, 1.54) is 4.90 Å². The smallest absolute Gasteiger partial charge is 0.296 e. The quantitative estimate of drug-likeness (QED) is 0.732. The Morgan fingerprint density at radius 1 is 1.23 bits per heavy atom. The average Bonchev–Trinajstić information content (AvgIpc) is 3.11. The summed E-state index contributed by atoms with van der Waals surface area (Å²) in [6.45, 7) is 8.15. The standard InChI is InChI=1S/C20H28N6O4S/c1-14(2)31(29,30)26-9-8-23(12-15(26)3)13-16-4-7-25-17(10-16)18(11-21-25)24-6-5-19(27)22-20(24)28/h4,7,10-11,14-15H,5-6,8-9,12-13H2,1-3H3,(H,22,27,28)/t15-/m0/s1. The normalized spacial score (nSPS) is 21.8. The summed E-state index contributed by atoms with van der Waals surface area (Å²) in [5.74, 6) is -0.272. The number of urea groups is 1. The van der Waals surface area contributed by atoms with Crippen LogP contribution in [0.25, 0.3) is 5.52 Å². The van der Waals surface area contributed by atoms with Crippen LogP contribution in [-0.2, 0) is 21.4 Å². The fourth-order valence-electron chi connectivity index (χ4n) is 4.18. The van der Waals surface area contributed by atoms with E-state index in [4.69, 9.17) is 0 Å². The molecular weight excluding hydrogens is 420 g/mol. The molecule has 168 valence electrons. The van der Waals surface area contributed by atoms with Gasteiger partial charge in [-0.05, 0) is 38.5 Å². The topological polar surface area (TPSA) is 107 Å². The molecule has 4 heterocycles. The molecule has 0 bridgehead atoms. The average molecular weight is 449 g/mol. The van der Waals surface area contributed by atoms with Gasteiger partial charge in [-0.3, -0.25) is 19.9 Å². The molecule has 10 nitrogen and oxygen atoms in total. The fraction of sp³-hybridized carbons (Fsp3) is 0.550. The van der Waals surface area contributed by atoms with Crippen molar-refractivity contribution in [2.45, 2.75) is 45.0 Å². The fourth-order valence-corrected chi connectivity index (χ4v) is 5.62. The molecule has 1 atom stereocenters. The molecular formula is C20H28N6O4S. The zero-order chi connectivity index (χ0) is 22.3. The number of fused-ring (bicyclic) bond motifs is 1. The van der Waals surface area contributed by atoms with Crippen molar-refractivity contribution in [2.75, 3.05) is 31.1 Å². The molecule has 0 unspecified atom stereocenters. The predicted molar refractivity (Wildman–Crippen MR) is 116 cm³/mol. The Morgan fingerprint density at radius 3 is 2.68 bits per heavy atom. The number of carbonyl (C=O) groups excluding carboxylic acids is 2. The lowest BCUT2D eigenvalue weighted by Crippen LogP contribution is -2.54. The molecule has 0 saturated carbocycles. The van der Waals surface area contributed by atoms with E-state index >= 15 is 0 Å². The van der Waals surface area contributed by atoms with E-state index in [0.717, 1.165) is 11.1 Å². The highest BCUT2D eigenvalue weighted by atomic mass is 32.2. The van der Waals surface area contributed by atoms with E-state index in [1.807, 2.05) is 25.3 Å². The van der Waals surface area contributed by atoms with Crippen LogP contribution in [0.15, 0.2) is 24.5 Å². The summed E-state index contributed by atoms with van der Waals surface area (Å²) in [7, 11) is -3.27. The third-order valence-electron chi connectivity index (χ3n) is 5.89. The van der Waals surface area contributed by atoms with Gasteiger partial charge in [-0.25, -0.2) is 17.7 Å². The summed E-state index contributed by atoms with van der Waals surface area (Å²) in [5.41, 5.74) is 2.50. The molecule has 2 saturated heterocycles. The van der Waals surface area contributed by atoms with Gasteiger partial charge in [0.15, 0.2) is 0 Å². The van der Waals surface area contributed by atoms with E-state index in [9.17, 15) is 18.0 Å². The second kappa shape index (κ2) is 8.21. The van der Waals surface area contributed by atoms with Gasteiger partial charge in [-0.1, -0.05) is 0 Å². The van der Waals surface area contributed by atoms with Crippen LogP contribution in [0.2, 0.25) is 0 Å². The predicted octanol–water partition coefficient (Wildman–Crippen LogP) is 1.02.